The van der Waals surface area contributed by atoms with Gasteiger partial charge in [-0.1, -0.05) is 153 Å². The fourth-order valence-corrected chi connectivity index (χ4v) is 13.8. The van der Waals surface area contributed by atoms with Crippen LogP contribution in [0.25, 0.3) is 0 Å². The number of hydrogen-bond acceptors (Lipinski definition) is 2. The van der Waals surface area contributed by atoms with E-state index in [0.29, 0.717) is 0 Å². The molecule has 4 fully saturated rings. The van der Waals surface area contributed by atoms with E-state index in [2.05, 4.69) is 203 Å². The lowest BCUT2D eigenvalue weighted by molar-refractivity contribution is -0.0281. The minimum Gasteiger partial charge on any atom is -0.306 e. The molecule has 302 valence electrons. The summed E-state index contributed by atoms with van der Waals surface area (Å²) in [5.74, 6) is 1.57. The number of benzene rings is 7. The maximum atomic E-state index is 2.56. The number of aryl methyl sites for hydroxylation is 6. The topological polar surface area (TPSA) is 6.48 Å². The fourth-order valence-electron chi connectivity index (χ4n) is 13.8. The van der Waals surface area contributed by atoms with E-state index >= 15 is 0 Å². The van der Waals surface area contributed by atoms with Gasteiger partial charge < -0.3 is 9.80 Å². The van der Waals surface area contributed by atoms with Crippen molar-refractivity contribution in [2.24, 2.45) is 11.8 Å². The van der Waals surface area contributed by atoms with E-state index in [9.17, 15) is 0 Å². The summed E-state index contributed by atoms with van der Waals surface area (Å²) < 4.78 is 0. The zero-order valence-corrected chi connectivity index (χ0v) is 36.8. The molecule has 5 aliphatic rings. The van der Waals surface area contributed by atoms with Crippen molar-refractivity contribution in [3.63, 3.8) is 0 Å². The zero-order valence-electron chi connectivity index (χ0n) is 36.8. The monoisotopic (exact) mass is 792 g/mol. The molecule has 4 aliphatic carbocycles. The number of hydrogen-bond donors (Lipinski definition) is 0. The van der Waals surface area contributed by atoms with Crippen LogP contribution < -0.4 is 26.2 Å². The third kappa shape index (κ3) is 6.21. The largest absolute Gasteiger partial charge is 0.306 e. The van der Waals surface area contributed by atoms with Crippen LogP contribution in [0, 0.1) is 53.4 Å². The van der Waals surface area contributed by atoms with Gasteiger partial charge in [0.2, 0.25) is 6.71 Å². The average Bonchev–Trinajstić information content (AvgIpc) is 3.24. The van der Waals surface area contributed by atoms with E-state index in [1.165, 1.54) is 122 Å². The maximum absolute atomic E-state index is 2.56. The smallest absolute Gasteiger partial charge is 0.242 e. The highest BCUT2D eigenvalue weighted by Crippen LogP contribution is 2.66. The van der Waals surface area contributed by atoms with Gasteiger partial charge in [0, 0.05) is 11.4 Å². The van der Waals surface area contributed by atoms with Gasteiger partial charge in [-0.3, -0.25) is 0 Å². The second-order valence-electron chi connectivity index (χ2n) is 19.7. The molecule has 7 aromatic rings. The van der Waals surface area contributed by atoms with Crippen molar-refractivity contribution >= 4 is 57.2 Å². The molecule has 0 aromatic heterocycles. The molecule has 2 unspecified atom stereocenters. The van der Waals surface area contributed by atoms with Crippen LogP contribution in [0.2, 0.25) is 0 Å². The second-order valence-corrected chi connectivity index (χ2v) is 19.7. The molecule has 61 heavy (non-hydrogen) atoms. The Morgan fingerprint density at radius 1 is 0.426 bits per heavy atom. The van der Waals surface area contributed by atoms with Crippen LogP contribution in [-0.4, -0.2) is 6.71 Å². The van der Waals surface area contributed by atoms with Crippen LogP contribution in [0.4, 0.5) is 34.1 Å². The maximum Gasteiger partial charge on any atom is 0.242 e. The predicted octanol–water partition coefficient (Wildman–Crippen LogP) is 13.1. The number of para-hydroxylation sites is 5. The molecule has 2 nitrogen and oxygen atoms in total. The van der Waals surface area contributed by atoms with Crippen molar-refractivity contribution in [1.29, 1.82) is 0 Å². The first-order chi connectivity index (χ1) is 29.6. The lowest BCUT2D eigenvalue weighted by atomic mass is 9.34. The molecule has 2 atom stereocenters. The van der Waals surface area contributed by atoms with Gasteiger partial charge in [-0.2, -0.15) is 0 Å². The van der Waals surface area contributed by atoms with Crippen LogP contribution in [0.1, 0.15) is 83.0 Å². The van der Waals surface area contributed by atoms with Crippen molar-refractivity contribution in [2.75, 3.05) is 9.80 Å². The predicted molar refractivity (Wildman–Crippen MR) is 260 cm³/mol. The molecule has 0 N–H and O–H groups in total. The summed E-state index contributed by atoms with van der Waals surface area (Å²) in [6.07, 6.45) is 7.96. The van der Waals surface area contributed by atoms with Gasteiger partial charge in [-0.05, 0) is 162 Å². The van der Waals surface area contributed by atoms with Crippen LogP contribution >= 0.6 is 0 Å². The minimum absolute atomic E-state index is 0.205. The molecule has 1 aliphatic heterocycles. The Bertz CT molecular complexity index is 2640. The second kappa shape index (κ2) is 14.4. The first-order valence-corrected chi connectivity index (χ1v) is 22.8. The molecular weight excluding hydrogens is 735 g/mol. The Labute approximate surface area is 364 Å². The normalized spacial score (nSPS) is 22.3. The van der Waals surface area contributed by atoms with E-state index in [-0.39, 0.29) is 17.5 Å². The molecular formula is C58H57BN2. The molecule has 0 saturated heterocycles. The Morgan fingerprint density at radius 2 is 0.787 bits per heavy atom. The number of nitrogens with zero attached hydrogens (tertiary/aromatic N) is 2. The summed E-state index contributed by atoms with van der Waals surface area (Å²) in [4.78, 5) is 4.88. The molecule has 0 radical (unpaired) electrons. The van der Waals surface area contributed by atoms with Gasteiger partial charge in [0.1, 0.15) is 0 Å². The summed E-state index contributed by atoms with van der Waals surface area (Å²) in [6.45, 7) is 13.9. The van der Waals surface area contributed by atoms with Crippen LogP contribution in [0.3, 0.4) is 0 Å². The first kappa shape index (κ1) is 38.2. The van der Waals surface area contributed by atoms with E-state index in [1.807, 2.05) is 0 Å². The lowest BCUT2D eigenvalue weighted by Crippen LogP contribution is -2.57. The van der Waals surface area contributed by atoms with Gasteiger partial charge in [0.05, 0.1) is 22.7 Å². The molecule has 0 amide bonds. The highest BCUT2D eigenvalue weighted by atomic mass is 15.3. The number of fused-ring (bicyclic) bond motifs is 2. The number of rotatable bonds is 7. The highest BCUT2D eigenvalue weighted by molar-refractivity contribution is 6.96. The van der Waals surface area contributed by atoms with Gasteiger partial charge in [0.15, 0.2) is 0 Å². The number of anilines is 6. The average molecular weight is 793 g/mol. The highest BCUT2D eigenvalue weighted by Gasteiger charge is 2.58. The summed E-state index contributed by atoms with van der Waals surface area (Å²) in [6, 6.07) is 58.1. The van der Waals surface area contributed by atoms with Crippen molar-refractivity contribution in [1.82, 2.24) is 0 Å². The Kier molecular flexibility index (Phi) is 9.01. The van der Waals surface area contributed by atoms with Crippen molar-refractivity contribution in [2.45, 2.75) is 90.9 Å². The van der Waals surface area contributed by atoms with E-state index in [1.54, 1.807) is 11.1 Å². The van der Waals surface area contributed by atoms with Gasteiger partial charge in [0.25, 0.3) is 0 Å². The van der Waals surface area contributed by atoms with Crippen molar-refractivity contribution in [3.8, 4) is 0 Å². The van der Waals surface area contributed by atoms with Gasteiger partial charge >= 0.3 is 0 Å². The fraction of sp³-hybridized carbons (Fsp3) is 0.276. The molecule has 7 aromatic carbocycles. The summed E-state index contributed by atoms with van der Waals surface area (Å²) in [5.41, 5.74) is 23.4. The SMILES string of the molecule is Cc1cc(C)c(B(c2ccc(C34CC5CC(C3)CC(c3ccc(N6c7ccccc7N(c7ccccc7)c7ccccc76)cc3)(C5)C4)cc2)c2c(C)cc(C)cc2C)c(C)c1. The van der Waals surface area contributed by atoms with E-state index in [4.69, 9.17) is 0 Å². The van der Waals surface area contributed by atoms with Crippen molar-refractivity contribution < 1.29 is 0 Å². The Hall–Kier alpha value is -5.80. The quantitative estimate of drug-likeness (QED) is 0.148. The van der Waals surface area contributed by atoms with E-state index in [0.717, 1.165) is 11.8 Å². The van der Waals surface area contributed by atoms with Crippen LogP contribution in [0.5, 0.6) is 0 Å². The first-order valence-electron chi connectivity index (χ1n) is 22.8. The molecule has 1 heterocycles. The molecule has 3 heteroatoms. The standard InChI is InChI=1S/C58H57BN2/c1-38-28-40(3)55(41(4)29-38)59(56-42(5)30-39(2)31-43(56)6)48-24-20-46(21-25-48)57-33-44-32-45(34-57)36-58(35-44,37-57)47-22-26-50(27-23-47)61-53-18-12-10-16-51(53)60(49-14-8-7-9-15-49)52-17-11-13-19-54(52)61/h7-31,44-45H,32-37H2,1-6H3. The van der Waals surface area contributed by atoms with Crippen molar-refractivity contribution in [3.05, 3.63) is 196 Å². The summed E-state index contributed by atoms with van der Waals surface area (Å²) in [5, 5.41) is 0. The Morgan fingerprint density at radius 3 is 1.20 bits per heavy atom. The van der Waals surface area contributed by atoms with E-state index < -0.39 is 0 Å². The van der Waals surface area contributed by atoms with Gasteiger partial charge in [-0.25, -0.2) is 0 Å². The molecule has 4 bridgehead atoms. The third-order valence-electron chi connectivity index (χ3n) is 15.5. The lowest BCUT2D eigenvalue weighted by Gasteiger charge is -2.63. The molecule has 4 saturated carbocycles. The molecule has 12 rings (SSSR count). The van der Waals surface area contributed by atoms with Crippen LogP contribution in [-0.2, 0) is 10.8 Å². The summed E-state index contributed by atoms with van der Waals surface area (Å²) in [7, 11) is 0. The van der Waals surface area contributed by atoms with Gasteiger partial charge in [-0.15, -0.1) is 0 Å². The third-order valence-corrected chi connectivity index (χ3v) is 15.5. The zero-order chi connectivity index (χ0) is 41.6. The minimum atomic E-state index is 0.205. The Balaban J connectivity index is 0.940. The molecule has 0 spiro atoms. The van der Waals surface area contributed by atoms with Crippen LogP contribution in [0.15, 0.2) is 152 Å². The summed E-state index contributed by atoms with van der Waals surface area (Å²) >= 11 is 0.